The van der Waals surface area contributed by atoms with Gasteiger partial charge in [0.2, 0.25) is 5.91 Å². The van der Waals surface area contributed by atoms with Crippen molar-refractivity contribution in [3.05, 3.63) is 47.4 Å². The number of aromatic nitrogens is 2. The highest BCUT2D eigenvalue weighted by atomic mass is 19.1. The van der Waals surface area contributed by atoms with Crippen molar-refractivity contribution in [3.8, 4) is 5.75 Å². The van der Waals surface area contributed by atoms with Gasteiger partial charge < -0.3 is 14.5 Å². The summed E-state index contributed by atoms with van der Waals surface area (Å²) in [5.41, 5.74) is 1.43. The number of amides is 1. The zero-order valence-corrected chi connectivity index (χ0v) is 15.3. The lowest BCUT2D eigenvalue weighted by molar-refractivity contribution is -0.131. The highest BCUT2D eigenvalue weighted by Gasteiger charge is 2.31. The fourth-order valence-electron chi connectivity index (χ4n) is 3.22. The van der Waals surface area contributed by atoms with Gasteiger partial charge in [0.15, 0.2) is 17.4 Å². The summed E-state index contributed by atoms with van der Waals surface area (Å²) in [7, 11) is 5.23. The maximum absolute atomic E-state index is 13.9. The number of hydrogen-bond donors (Lipinski definition) is 0. The number of nitrogens with zero attached hydrogens (tertiary/aromatic N) is 4. The Kier molecular flexibility index (Phi) is 5.35. The van der Waals surface area contributed by atoms with E-state index >= 15 is 0 Å². The van der Waals surface area contributed by atoms with Crippen LogP contribution < -0.4 is 9.64 Å². The van der Waals surface area contributed by atoms with Gasteiger partial charge in [-0.25, -0.2) is 4.39 Å². The Labute approximate surface area is 152 Å². The summed E-state index contributed by atoms with van der Waals surface area (Å²) < 4.78 is 18.8. The summed E-state index contributed by atoms with van der Waals surface area (Å²) in [4.78, 5) is 16.5. The van der Waals surface area contributed by atoms with Crippen LogP contribution in [0.25, 0.3) is 0 Å². The lowest BCUT2D eigenvalue weighted by Gasteiger charge is -2.24. The van der Waals surface area contributed by atoms with Gasteiger partial charge in [0.1, 0.15) is 0 Å². The molecule has 0 aliphatic carbocycles. The van der Waals surface area contributed by atoms with Crippen molar-refractivity contribution < 1.29 is 13.9 Å². The standard InChI is InChI=1S/C19H23FN4O2/c1-23(2)18-9-7-15(21-22-18)16-5-4-10-24(16)19(25)12-13-6-8-17(26-3)14(20)11-13/h6-9,11,16H,4-5,10,12H2,1-3H3. The Hall–Kier alpha value is -2.70. The van der Waals surface area contributed by atoms with Crippen LogP contribution in [-0.2, 0) is 11.2 Å². The van der Waals surface area contributed by atoms with Crippen LogP contribution in [0.15, 0.2) is 30.3 Å². The van der Waals surface area contributed by atoms with E-state index in [2.05, 4.69) is 10.2 Å². The number of carbonyl (C=O) groups excluding carboxylic acids is 1. The van der Waals surface area contributed by atoms with Crippen LogP contribution in [0.2, 0.25) is 0 Å². The molecule has 1 saturated heterocycles. The van der Waals surface area contributed by atoms with Gasteiger partial charge in [-0.2, -0.15) is 5.10 Å². The molecule has 1 aromatic carbocycles. The van der Waals surface area contributed by atoms with Crippen molar-refractivity contribution in [2.24, 2.45) is 0 Å². The van der Waals surface area contributed by atoms with E-state index in [1.807, 2.05) is 36.0 Å². The van der Waals surface area contributed by atoms with Gasteiger partial charge in [-0.3, -0.25) is 4.79 Å². The first-order valence-electron chi connectivity index (χ1n) is 8.62. The molecule has 2 aromatic rings. The van der Waals surface area contributed by atoms with Crippen molar-refractivity contribution in [2.45, 2.75) is 25.3 Å². The number of likely N-dealkylation sites (tertiary alicyclic amines) is 1. The molecule has 1 aliphatic heterocycles. The topological polar surface area (TPSA) is 58.6 Å². The van der Waals surface area contributed by atoms with Crippen molar-refractivity contribution in [1.82, 2.24) is 15.1 Å². The van der Waals surface area contributed by atoms with Crippen molar-refractivity contribution in [3.63, 3.8) is 0 Å². The van der Waals surface area contributed by atoms with Gasteiger partial charge in [0, 0.05) is 20.6 Å². The second-order valence-electron chi connectivity index (χ2n) is 6.60. The third-order valence-corrected chi connectivity index (χ3v) is 4.62. The third kappa shape index (κ3) is 3.76. The van der Waals surface area contributed by atoms with Crippen molar-refractivity contribution in [1.29, 1.82) is 0 Å². The summed E-state index contributed by atoms with van der Waals surface area (Å²) in [6.07, 6.45) is 1.93. The predicted molar refractivity (Wildman–Crippen MR) is 96.7 cm³/mol. The number of ether oxygens (including phenoxy) is 1. The van der Waals surface area contributed by atoms with Crippen LogP contribution in [-0.4, -0.2) is 48.8 Å². The minimum atomic E-state index is -0.457. The third-order valence-electron chi connectivity index (χ3n) is 4.62. The lowest BCUT2D eigenvalue weighted by atomic mass is 10.1. The molecule has 6 nitrogen and oxygen atoms in total. The van der Waals surface area contributed by atoms with Gasteiger partial charge >= 0.3 is 0 Å². The van der Waals surface area contributed by atoms with E-state index in [0.29, 0.717) is 12.1 Å². The van der Waals surface area contributed by atoms with E-state index in [9.17, 15) is 9.18 Å². The Morgan fingerprint density at radius 3 is 2.73 bits per heavy atom. The highest BCUT2D eigenvalue weighted by molar-refractivity contribution is 5.79. The van der Waals surface area contributed by atoms with E-state index < -0.39 is 5.82 Å². The van der Waals surface area contributed by atoms with Gasteiger partial charge in [0.05, 0.1) is 25.3 Å². The second-order valence-corrected chi connectivity index (χ2v) is 6.60. The normalized spacial score (nSPS) is 16.6. The fraction of sp³-hybridized carbons (Fsp3) is 0.421. The molecule has 1 amide bonds. The molecular formula is C19H23FN4O2. The molecule has 138 valence electrons. The Morgan fingerprint density at radius 2 is 2.12 bits per heavy atom. The summed E-state index contributed by atoms with van der Waals surface area (Å²) in [5, 5.41) is 8.50. The fourth-order valence-corrected chi connectivity index (χ4v) is 3.22. The molecule has 3 rings (SSSR count). The van der Waals surface area contributed by atoms with E-state index in [1.165, 1.54) is 13.2 Å². The monoisotopic (exact) mass is 358 g/mol. The second kappa shape index (κ2) is 7.68. The lowest BCUT2D eigenvalue weighted by Crippen LogP contribution is -2.32. The molecule has 0 spiro atoms. The number of hydrogen-bond acceptors (Lipinski definition) is 5. The molecule has 1 aromatic heterocycles. The number of methoxy groups -OCH3 is 1. The molecule has 1 fully saturated rings. The quantitative estimate of drug-likeness (QED) is 0.822. The number of rotatable bonds is 5. The van der Waals surface area contributed by atoms with Gasteiger partial charge in [0.25, 0.3) is 0 Å². The summed E-state index contributed by atoms with van der Waals surface area (Å²) in [5.74, 6) is 0.464. The summed E-state index contributed by atoms with van der Waals surface area (Å²) in [6, 6.07) is 8.37. The number of halogens is 1. The maximum Gasteiger partial charge on any atom is 0.227 e. The zero-order valence-electron chi connectivity index (χ0n) is 15.3. The average molecular weight is 358 g/mol. The highest BCUT2D eigenvalue weighted by Crippen LogP contribution is 2.31. The Morgan fingerprint density at radius 1 is 1.31 bits per heavy atom. The first-order chi connectivity index (χ1) is 12.5. The van der Waals surface area contributed by atoms with E-state index in [1.54, 1.807) is 12.1 Å². The molecule has 1 aliphatic rings. The molecule has 0 bridgehead atoms. The molecule has 2 heterocycles. The van der Waals surface area contributed by atoms with Crippen LogP contribution in [0, 0.1) is 5.82 Å². The first-order valence-corrected chi connectivity index (χ1v) is 8.62. The maximum atomic E-state index is 13.9. The van der Waals surface area contributed by atoms with Gasteiger partial charge in [-0.1, -0.05) is 6.07 Å². The Bertz CT molecular complexity index is 780. The minimum Gasteiger partial charge on any atom is -0.494 e. The molecule has 26 heavy (non-hydrogen) atoms. The predicted octanol–water partition coefficient (Wildman–Crippen LogP) is 2.60. The van der Waals surface area contributed by atoms with Crippen LogP contribution >= 0.6 is 0 Å². The Balaban J connectivity index is 1.73. The minimum absolute atomic E-state index is 0.0319. The number of carbonyl (C=O) groups is 1. The van der Waals surface area contributed by atoms with Crippen LogP contribution in [0.3, 0.4) is 0 Å². The molecule has 0 N–H and O–H groups in total. The summed E-state index contributed by atoms with van der Waals surface area (Å²) >= 11 is 0. The smallest absolute Gasteiger partial charge is 0.227 e. The molecule has 1 unspecified atom stereocenters. The first kappa shape index (κ1) is 18.1. The molecule has 0 saturated carbocycles. The average Bonchev–Trinajstić information content (AvgIpc) is 3.12. The van der Waals surface area contributed by atoms with Crippen molar-refractivity contribution >= 4 is 11.7 Å². The van der Waals surface area contributed by atoms with Crippen LogP contribution in [0.1, 0.15) is 30.1 Å². The van der Waals surface area contributed by atoms with E-state index in [4.69, 9.17) is 4.74 Å². The van der Waals surface area contributed by atoms with Gasteiger partial charge in [-0.15, -0.1) is 5.10 Å². The number of benzene rings is 1. The van der Waals surface area contributed by atoms with Crippen LogP contribution in [0.5, 0.6) is 5.75 Å². The molecule has 1 atom stereocenters. The largest absolute Gasteiger partial charge is 0.494 e. The van der Waals surface area contributed by atoms with Gasteiger partial charge in [-0.05, 0) is 42.7 Å². The summed E-state index contributed by atoms with van der Waals surface area (Å²) in [6.45, 7) is 0.680. The molecule has 7 heteroatoms. The zero-order chi connectivity index (χ0) is 18.7. The number of anilines is 1. The molecular weight excluding hydrogens is 335 g/mol. The van der Waals surface area contributed by atoms with E-state index in [-0.39, 0.29) is 24.1 Å². The SMILES string of the molecule is COc1ccc(CC(=O)N2CCCC2c2ccc(N(C)C)nn2)cc1F. The molecule has 0 radical (unpaired) electrons. The van der Waals surface area contributed by atoms with Crippen LogP contribution in [0.4, 0.5) is 10.2 Å². The van der Waals surface area contributed by atoms with Crippen molar-refractivity contribution in [2.75, 3.05) is 32.6 Å². The van der Waals surface area contributed by atoms with E-state index in [0.717, 1.165) is 24.4 Å².